The first-order valence-corrected chi connectivity index (χ1v) is 10.3. The molecule has 8 heteroatoms. The second-order valence-electron chi connectivity index (χ2n) is 6.31. The highest BCUT2D eigenvalue weighted by atomic mass is 32.2. The summed E-state index contributed by atoms with van der Waals surface area (Å²) in [5.74, 6) is -0.263. The van der Waals surface area contributed by atoms with Crippen molar-refractivity contribution in [3.05, 3.63) is 30.1 Å². The lowest BCUT2D eigenvalue weighted by Crippen LogP contribution is -2.42. The third kappa shape index (κ3) is 6.99. The fourth-order valence-electron chi connectivity index (χ4n) is 2.84. The molecule has 0 spiro atoms. The zero-order valence-electron chi connectivity index (χ0n) is 14.3. The van der Waals surface area contributed by atoms with Crippen LogP contribution in [0.15, 0.2) is 24.3 Å². The minimum atomic E-state index is -3.29. The smallest absolute Gasteiger partial charge is 0.411 e. The SMILES string of the molecule is CCCCS(=O)(=O)N[C@H]1CCC[C@H](OC(=O)Nc2ccc(F)cc2)C1. The summed E-state index contributed by atoms with van der Waals surface area (Å²) in [6, 6.07) is 5.18. The largest absolute Gasteiger partial charge is 0.446 e. The van der Waals surface area contributed by atoms with Crippen molar-refractivity contribution in [2.75, 3.05) is 11.1 Å². The van der Waals surface area contributed by atoms with Crippen LogP contribution in [0.4, 0.5) is 14.9 Å². The minimum Gasteiger partial charge on any atom is -0.446 e. The number of unbranched alkanes of at least 4 members (excludes halogenated alkanes) is 1. The van der Waals surface area contributed by atoms with E-state index in [0.717, 1.165) is 19.3 Å². The Morgan fingerprint density at radius 2 is 2.00 bits per heavy atom. The molecule has 0 radical (unpaired) electrons. The number of carbonyl (C=O) groups is 1. The standard InChI is InChI=1S/C17H25FN2O4S/c1-2-3-11-25(22,23)20-15-5-4-6-16(12-15)24-17(21)19-14-9-7-13(18)8-10-14/h7-10,15-16,20H,2-6,11-12H2,1H3,(H,19,21)/t15-,16-/m0/s1. The molecule has 0 saturated heterocycles. The number of halogens is 1. The molecule has 6 nitrogen and oxygen atoms in total. The Morgan fingerprint density at radius 3 is 2.68 bits per heavy atom. The predicted octanol–water partition coefficient (Wildman–Crippen LogP) is 3.40. The van der Waals surface area contributed by atoms with E-state index in [0.29, 0.717) is 24.9 Å². The molecule has 0 unspecified atom stereocenters. The van der Waals surface area contributed by atoms with Gasteiger partial charge in [-0.05, 0) is 49.9 Å². The third-order valence-corrected chi connectivity index (χ3v) is 5.62. The molecule has 1 amide bonds. The second kappa shape index (κ2) is 9.15. The molecule has 140 valence electrons. The van der Waals surface area contributed by atoms with Gasteiger partial charge in [-0.1, -0.05) is 13.3 Å². The van der Waals surface area contributed by atoms with Gasteiger partial charge in [0.25, 0.3) is 0 Å². The van der Waals surface area contributed by atoms with Crippen molar-refractivity contribution in [2.45, 2.75) is 57.6 Å². The first-order valence-electron chi connectivity index (χ1n) is 8.61. The highest BCUT2D eigenvalue weighted by Gasteiger charge is 2.27. The van der Waals surface area contributed by atoms with Crippen LogP contribution in [-0.2, 0) is 14.8 Å². The number of hydrogen-bond acceptors (Lipinski definition) is 4. The molecule has 0 bridgehead atoms. The molecule has 1 fully saturated rings. The van der Waals surface area contributed by atoms with Gasteiger partial charge in [-0.25, -0.2) is 22.3 Å². The molecular weight excluding hydrogens is 347 g/mol. The second-order valence-corrected chi connectivity index (χ2v) is 8.19. The van der Waals surface area contributed by atoms with E-state index >= 15 is 0 Å². The van der Waals surface area contributed by atoms with Gasteiger partial charge < -0.3 is 4.74 Å². The van der Waals surface area contributed by atoms with Crippen LogP contribution >= 0.6 is 0 Å². The van der Waals surface area contributed by atoms with Gasteiger partial charge in [0.15, 0.2) is 0 Å². The molecule has 0 aromatic heterocycles. The number of hydrogen-bond donors (Lipinski definition) is 2. The number of carbonyl (C=O) groups excluding carboxylic acids is 1. The summed E-state index contributed by atoms with van der Waals surface area (Å²) < 4.78 is 44.9. The Kier molecular flexibility index (Phi) is 7.19. The van der Waals surface area contributed by atoms with Crippen LogP contribution in [0.2, 0.25) is 0 Å². The summed E-state index contributed by atoms with van der Waals surface area (Å²) in [5.41, 5.74) is 0.444. The quantitative estimate of drug-likeness (QED) is 0.768. The molecule has 1 aliphatic rings. The van der Waals surface area contributed by atoms with Crippen LogP contribution in [0.5, 0.6) is 0 Å². The lowest BCUT2D eigenvalue weighted by molar-refractivity contribution is 0.0793. The maximum absolute atomic E-state index is 12.9. The molecule has 1 aliphatic carbocycles. The summed E-state index contributed by atoms with van der Waals surface area (Å²) >= 11 is 0. The van der Waals surface area contributed by atoms with Crippen LogP contribution in [-0.4, -0.2) is 32.4 Å². The average Bonchev–Trinajstić information content (AvgIpc) is 2.55. The Balaban J connectivity index is 1.82. The highest BCUT2D eigenvalue weighted by molar-refractivity contribution is 7.89. The molecule has 1 saturated carbocycles. The molecule has 1 aromatic carbocycles. The van der Waals surface area contributed by atoms with Crippen molar-refractivity contribution in [1.82, 2.24) is 4.72 Å². The fourth-order valence-corrected chi connectivity index (χ4v) is 4.35. The van der Waals surface area contributed by atoms with E-state index in [2.05, 4.69) is 10.0 Å². The summed E-state index contributed by atoms with van der Waals surface area (Å²) in [6.07, 6.45) is 3.18. The number of nitrogens with one attached hydrogen (secondary N) is 2. The zero-order chi connectivity index (χ0) is 18.3. The van der Waals surface area contributed by atoms with Crippen LogP contribution < -0.4 is 10.0 Å². The van der Waals surface area contributed by atoms with Crippen LogP contribution in [0.3, 0.4) is 0 Å². The lowest BCUT2D eigenvalue weighted by Gasteiger charge is -2.29. The fraction of sp³-hybridized carbons (Fsp3) is 0.588. The summed E-state index contributed by atoms with van der Waals surface area (Å²) in [6.45, 7) is 1.94. The van der Waals surface area contributed by atoms with Crippen molar-refractivity contribution in [3.63, 3.8) is 0 Å². The monoisotopic (exact) mass is 372 g/mol. The van der Waals surface area contributed by atoms with E-state index < -0.39 is 16.1 Å². The van der Waals surface area contributed by atoms with Gasteiger partial charge in [0.2, 0.25) is 10.0 Å². The summed E-state index contributed by atoms with van der Waals surface area (Å²) in [4.78, 5) is 11.9. The normalized spacial score (nSPS) is 20.9. The van der Waals surface area contributed by atoms with Gasteiger partial charge in [0.1, 0.15) is 11.9 Å². The maximum atomic E-state index is 12.9. The first-order chi connectivity index (χ1) is 11.9. The van der Waals surface area contributed by atoms with E-state index in [1.165, 1.54) is 24.3 Å². The van der Waals surface area contributed by atoms with E-state index in [1.54, 1.807) is 0 Å². The van der Waals surface area contributed by atoms with Crippen molar-refractivity contribution in [1.29, 1.82) is 0 Å². The highest BCUT2D eigenvalue weighted by Crippen LogP contribution is 2.22. The van der Waals surface area contributed by atoms with Crippen molar-refractivity contribution in [2.24, 2.45) is 0 Å². The van der Waals surface area contributed by atoms with Crippen molar-refractivity contribution < 1.29 is 22.3 Å². The van der Waals surface area contributed by atoms with Gasteiger partial charge in [-0.3, -0.25) is 5.32 Å². The Morgan fingerprint density at radius 1 is 1.28 bits per heavy atom. The van der Waals surface area contributed by atoms with Gasteiger partial charge in [0.05, 0.1) is 5.75 Å². The summed E-state index contributed by atoms with van der Waals surface area (Å²) in [5, 5.41) is 2.54. The van der Waals surface area contributed by atoms with E-state index in [9.17, 15) is 17.6 Å². The van der Waals surface area contributed by atoms with Gasteiger partial charge >= 0.3 is 6.09 Å². The lowest BCUT2D eigenvalue weighted by atomic mass is 9.94. The number of ether oxygens (including phenoxy) is 1. The van der Waals surface area contributed by atoms with E-state index in [1.807, 2.05) is 6.92 Å². The molecule has 2 rings (SSSR count). The molecule has 0 aliphatic heterocycles. The van der Waals surface area contributed by atoms with Crippen LogP contribution in [0, 0.1) is 5.82 Å². The minimum absolute atomic E-state index is 0.122. The molecule has 2 N–H and O–H groups in total. The summed E-state index contributed by atoms with van der Waals surface area (Å²) in [7, 11) is -3.29. The van der Waals surface area contributed by atoms with Crippen LogP contribution in [0.1, 0.15) is 45.4 Å². The van der Waals surface area contributed by atoms with Gasteiger partial charge in [-0.15, -0.1) is 0 Å². The van der Waals surface area contributed by atoms with Crippen molar-refractivity contribution in [3.8, 4) is 0 Å². The van der Waals surface area contributed by atoms with E-state index in [4.69, 9.17) is 4.74 Å². The van der Waals surface area contributed by atoms with Gasteiger partial charge in [0, 0.05) is 18.2 Å². The molecule has 1 aromatic rings. The first kappa shape index (κ1) is 19.7. The molecule has 2 atom stereocenters. The van der Waals surface area contributed by atoms with E-state index in [-0.39, 0.29) is 23.7 Å². The molecule has 0 heterocycles. The third-order valence-electron chi connectivity index (χ3n) is 4.10. The predicted molar refractivity (Wildman–Crippen MR) is 94.4 cm³/mol. The number of benzene rings is 1. The van der Waals surface area contributed by atoms with Gasteiger partial charge in [-0.2, -0.15) is 0 Å². The Bertz CT molecular complexity index is 664. The zero-order valence-corrected chi connectivity index (χ0v) is 15.1. The van der Waals surface area contributed by atoms with Crippen molar-refractivity contribution >= 4 is 21.8 Å². The average molecular weight is 372 g/mol. The number of rotatable bonds is 7. The number of sulfonamides is 1. The Labute approximate surface area is 148 Å². The maximum Gasteiger partial charge on any atom is 0.411 e. The molecular formula is C17H25FN2O4S. The number of anilines is 1. The molecule has 25 heavy (non-hydrogen) atoms. The Hall–Kier alpha value is -1.67. The number of amides is 1. The topological polar surface area (TPSA) is 84.5 Å². The van der Waals surface area contributed by atoms with Crippen LogP contribution in [0.25, 0.3) is 0 Å².